The van der Waals surface area contributed by atoms with Crippen molar-refractivity contribution in [1.29, 1.82) is 0 Å². The smallest absolute Gasteiger partial charge is 0.252 e. The molecule has 6 heteroatoms. The van der Waals surface area contributed by atoms with E-state index in [2.05, 4.69) is 0 Å². The summed E-state index contributed by atoms with van der Waals surface area (Å²) in [5, 5.41) is 1.90. The monoisotopic (exact) mass is 317 g/mol. The maximum atomic E-state index is 12.7. The van der Waals surface area contributed by atoms with Gasteiger partial charge in [0.2, 0.25) is 0 Å². The zero-order chi connectivity index (χ0) is 14.6. The topological polar surface area (TPSA) is 46.6 Å². The highest BCUT2D eigenvalue weighted by Crippen LogP contribution is 2.30. The Kier molecular flexibility index (Phi) is 5.60. The zero-order valence-electron chi connectivity index (χ0n) is 12.2. The number of methoxy groups -OCH3 is 1. The molecule has 0 N–H and O–H groups in total. The van der Waals surface area contributed by atoms with Crippen LogP contribution in [0.1, 0.15) is 37.7 Å². The molecule has 20 heavy (non-hydrogen) atoms. The van der Waals surface area contributed by atoms with Crippen molar-refractivity contribution in [3.63, 3.8) is 0 Å². The second-order valence-electron chi connectivity index (χ2n) is 5.34. The van der Waals surface area contributed by atoms with Crippen LogP contribution >= 0.6 is 11.3 Å². The van der Waals surface area contributed by atoms with Crippen LogP contribution in [0.4, 0.5) is 0 Å². The van der Waals surface area contributed by atoms with Crippen LogP contribution in [0.15, 0.2) is 15.7 Å². The molecule has 0 spiro atoms. The SMILES string of the molecule is COCCC[C@H]1CCCCN1S(=O)(=O)c1cc(C)cs1. The third-order valence-corrected chi connectivity index (χ3v) is 7.21. The van der Waals surface area contributed by atoms with Gasteiger partial charge in [-0.3, -0.25) is 0 Å². The van der Waals surface area contributed by atoms with Crippen LogP contribution in [0.3, 0.4) is 0 Å². The maximum absolute atomic E-state index is 12.7. The third kappa shape index (κ3) is 3.61. The summed E-state index contributed by atoms with van der Waals surface area (Å²) in [4.78, 5) is 0. The van der Waals surface area contributed by atoms with Gasteiger partial charge in [-0.2, -0.15) is 4.31 Å². The summed E-state index contributed by atoms with van der Waals surface area (Å²) in [5.41, 5.74) is 1.02. The fourth-order valence-corrected chi connectivity index (χ4v) is 5.78. The van der Waals surface area contributed by atoms with Crippen molar-refractivity contribution in [1.82, 2.24) is 4.31 Å². The van der Waals surface area contributed by atoms with Crippen molar-refractivity contribution in [3.8, 4) is 0 Å². The van der Waals surface area contributed by atoms with Crippen molar-refractivity contribution in [2.45, 2.75) is 49.3 Å². The van der Waals surface area contributed by atoms with Gasteiger partial charge in [-0.15, -0.1) is 11.3 Å². The molecule has 1 atom stereocenters. The number of sulfonamides is 1. The zero-order valence-corrected chi connectivity index (χ0v) is 13.8. The Morgan fingerprint density at radius 3 is 2.90 bits per heavy atom. The van der Waals surface area contributed by atoms with Crippen LogP contribution in [0, 0.1) is 6.92 Å². The van der Waals surface area contributed by atoms with Crippen molar-refractivity contribution in [2.24, 2.45) is 0 Å². The summed E-state index contributed by atoms with van der Waals surface area (Å²) in [6, 6.07) is 1.91. The van der Waals surface area contributed by atoms with Crippen LogP contribution in [-0.2, 0) is 14.8 Å². The lowest BCUT2D eigenvalue weighted by Crippen LogP contribution is -2.43. The fourth-order valence-electron chi connectivity index (χ4n) is 2.70. The minimum atomic E-state index is -3.32. The number of hydrogen-bond acceptors (Lipinski definition) is 4. The van der Waals surface area contributed by atoms with E-state index in [-0.39, 0.29) is 6.04 Å². The summed E-state index contributed by atoms with van der Waals surface area (Å²) in [7, 11) is -1.63. The van der Waals surface area contributed by atoms with Gasteiger partial charge in [-0.1, -0.05) is 6.42 Å². The number of aryl methyl sites for hydroxylation is 1. The van der Waals surface area contributed by atoms with Crippen LogP contribution in [0.2, 0.25) is 0 Å². The Balaban J connectivity index is 2.14. The first kappa shape index (κ1) is 15.9. The van der Waals surface area contributed by atoms with Crippen molar-refractivity contribution in [2.75, 3.05) is 20.3 Å². The molecule has 2 rings (SSSR count). The lowest BCUT2D eigenvalue weighted by molar-refractivity contribution is 0.172. The van der Waals surface area contributed by atoms with Crippen molar-refractivity contribution < 1.29 is 13.2 Å². The number of thiophene rings is 1. The fraction of sp³-hybridized carbons (Fsp3) is 0.714. The lowest BCUT2D eigenvalue weighted by atomic mass is 10.0. The Labute approximate surface area is 125 Å². The normalized spacial score (nSPS) is 21.2. The Morgan fingerprint density at radius 1 is 1.45 bits per heavy atom. The molecule has 1 aromatic heterocycles. The predicted octanol–water partition coefficient (Wildman–Crippen LogP) is 3.03. The number of piperidine rings is 1. The Hall–Kier alpha value is -0.430. The van der Waals surface area contributed by atoms with Crippen molar-refractivity contribution in [3.05, 3.63) is 17.0 Å². The molecule has 1 aromatic rings. The largest absolute Gasteiger partial charge is 0.385 e. The molecule has 0 aliphatic carbocycles. The van der Waals surface area contributed by atoms with E-state index < -0.39 is 10.0 Å². The second-order valence-corrected chi connectivity index (χ2v) is 8.37. The van der Waals surface area contributed by atoms with E-state index in [9.17, 15) is 8.42 Å². The molecular formula is C14H23NO3S2. The molecule has 0 saturated carbocycles. The third-order valence-electron chi connectivity index (χ3n) is 3.73. The second kappa shape index (κ2) is 7.02. The van der Waals surface area contributed by atoms with E-state index in [1.807, 2.05) is 12.3 Å². The van der Waals surface area contributed by atoms with Gasteiger partial charge < -0.3 is 4.74 Å². The molecule has 1 saturated heterocycles. The van der Waals surface area contributed by atoms with Crippen LogP contribution < -0.4 is 0 Å². The molecular weight excluding hydrogens is 294 g/mol. The van der Waals surface area contributed by atoms with Gasteiger partial charge in [0.05, 0.1) is 0 Å². The first-order valence-electron chi connectivity index (χ1n) is 7.11. The number of hydrogen-bond donors (Lipinski definition) is 0. The summed E-state index contributed by atoms with van der Waals surface area (Å²) in [6.45, 7) is 3.28. The molecule has 0 aromatic carbocycles. The average molecular weight is 317 g/mol. The molecule has 0 bridgehead atoms. The minimum Gasteiger partial charge on any atom is -0.385 e. The van der Waals surface area contributed by atoms with Crippen LogP contribution in [0.25, 0.3) is 0 Å². The molecule has 0 unspecified atom stereocenters. The van der Waals surface area contributed by atoms with Gasteiger partial charge in [-0.05, 0) is 49.6 Å². The van der Waals surface area contributed by atoms with Gasteiger partial charge >= 0.3 is 0 Å². The first-order chi connectivity index (χ1) is 9.55. The Bertz CT molecular complexity index is 524. The summed E-state index contributed by atoms with van der Waals surface area (Å²) in [5.74, 6) is 0. The molecule has 2 heterocycles. The van der Waals surface area contributed by atoms with E-state index in [1.165, 1.54) is 11.3 Å². The predicted molar refractivity (Wildman–Crippen MR) is 81.7 cm³/mol. The van der Waals surface area contributed by atoms with Crippen LogP contribution in [0.5, 0.6) is 0 Å². The van der Waals surface area contributed by atoms with E-state index in [0.29, 0.717) is 17.4 Å². The molecule has 1 fully saturated rings. The number of nitrogens with zero attached hydrogens (tertiary/aromatic N) is 1. The Morgan fingerprint density at radius 2 is 2.25 bits per heavy atom. The van der Waals surface area contributed by atoms with Crippen molar-refractivity contribution >= 4 is 21.4 Å². The van der Waals surface area contributed by atoms with Gasteiger partial charge in [-0.25, -0.2) is 8.42 Å². The van der Waals surface area contributed by atoms with E-state index in [4.69, 9.17) is 4.74 Å². The van der Waals surface area contributed by atoms with E-state index in [1.54, 1.807) is 17.5 Å². The number of ether oxygens (including phenoxy) is 1. The van der Waals surface area contributed by atoms with Gasteiger partial charge in [0.25, 0.3) is 10.0 Å². The van der Waals surface area contributed by atoms with Crippen LogP contribution in [-0.4, -0.2) is 39.0 Å². The van der Waals surface area contributed by atoms with Gasteiger partial charge in [0.1, 0.15) is 4.21 Å². The molecule has 1 aliphatic rings. The summed E-state index contributed by atoms with van der Waals surface area (Å²) in [6.07, 6.45) is 4.85. The maximum Gasteiger partial charge on any atom is 0.252 e. The van der Waals surface area contributed by atoms with E-state index in [0.717, 1.165) is 37.7 Å². The highest BCUT2D eigenvalue weighted by atomic mass is 32.2. The summed E-state index contributed by atoms with van der Waals surface area (Å²) < 4.78 is 32.8. The molecule has 0 amide bonds. The van der Waals surface area contributed by atoms with Gasteiger partial charge in [0, 0.05) is 26.3 Å². The number of rotatable bonds is 6. The lowest BCUT2D eigenvalue weighted by Gasteiger charge is -2.34. The van der Waals surface area contributed by atoms with Gasteiger partial charge in [0.15, 0.2) is 0 Å². The summed E-state index contributed by atoms with van der Waals surface area (Å²) >= 11 is 1.33. The molecule has 114 valence electrons. The standard InChI is InChI=1S/C14H23NO3S2/c1-12-10-14(19-11-12)20(16,17)15-8-4-3-6-13(15)7-5-9-18-2/h10-11,13H,3-9H2,1-2H3/t13-/m1/s1. The molecule has 0 radical (unpaired) electrons. The first-order valence-corrected chi connectivity index (χ1v) is 9.43. The molecule has 4 nitrogen and oxygen atoms in total. The molecule has 1 aliphatic heterocycles. The highest BCUT2D eigenvalue weighted by Gasteiger charge is 2.33. The van der Waals surface area contributed by atoms with E-state index >= 15 is 0 Å². The minimum absolute atomic E-state index is 0.131. The highest BCUT2D eigenvalue weighted by molar-refractivity contribution is 7.91. The average Bonchev–Trinajstić information content (AvgIpc) is 2.87. The quantitative estimate of drug-likeness (QED) is 0.758.